The third kappa shape index (κ3) is 5.03. The summed E-state index contributed by atoms with van der Waals surface area (Å²) in [6, 6.07) is 16.4. The summed E-state index contributed by atoms with van der Waals surface area (Å²) in [6.45, 7) is 4.93. The summed E-state index contributed by atoms with van der Waals surface area (Å²) >= 11 is 0. The second-order valence-electron chi connectivity index (χ2n) is 5.44. The molecule has 0 aliphatic carbocycles. The van der Waals surface area contributed by atoms with Crippen molar-refractivity contribution in [2.45, 2.75) is 32.8 Å². The third-order valence-corrected chi connectivity index (χ3v) is 3.19. The van der Waals surface area contributed by atoms with Crippen LogP contribution in [0.1, 0.15) is 25.8 Å². The van der Waals surface area contributed by atoms with Gasteiger partial charge in [0.1, 0.15) is 5.75 Å². The Morgan fingerprint density at radius 3 is 2.57 bits per heavy atom. The number of nitrogen functional groups attached to an aromatic ring is 1. The normalized spacial score (nSPS) is 10.6. The fourth-order valence-corrected chi connectivity index (χ4v) is 2.17. The Morgan fingerprint density at radius 1 is 1.10 bits per heavy atom. The number of hydrogen-bond acceptors (Lipinski definition) is 3. The monoisotopic (exact) mass is 284 g/mol. The first-order chi connectivity index (χ1) is 10.1. The van der Waals surface area contributed by atoms with Crippen LogP contribution in [0.4, 0.5) is 11.4 Å². The highest BCUT2D eigenvalue weighted by Gasteiger charge is 2.04. The Morgan fingerprint density at radius 2 is 1.86 bits per heavy atom. The van der Waals surface area contributed by atoms with Crippen molar-refractivity contribution >= 4 is 11.4 Å². The molecule has 3 N–H and O–H groups in total. The molecular weight excluding hydrogens is 260 g/mol. The van der Waals surface area contributed by atoms with E-state index in [9.17, 15) is 0 Å². The molecule has 0 radical (unpaired) electrons. The van der Waals surface area contributed by atoms with Crippen LogP contribution >= 0.6 is 0 Å². The van der Waals surface area contributed by atoms with E-state index in [1.165, 1.54) is 5.56 Å². The van der Waals surface area contributed by atoms with Gasteiger partial charge in [-0.1, -0.05) is 30.3 Å². The van der Waals surface area contributed by atoms with Gasteiger partial charge in [0.05, 0.1) is 11.8 Å². The van der Waals surface area contributed by atoms with Gasteiger partial charge in [-0.25, -0.2) is 0 Å². The molecule has 0 aliphatic heterocycles. The van der Waals surface area contributed by atoms with Crippen LogP contribution in [0.3, 0.4) is 0 Å². The lowest BCUT2D eigenvalue weighted by Gasteiger charge is -2.14. The van der Waals surface area contributed by atoms with Crippen LogP contribution in [0.15, 0.2) is 48.5 Å². The van der Waals surface area contributed by atoms with Crippen LogP contribution in [-0.2, 0) is 6.42 Å². The molecule has 2 aromatic rings. The van der Waals surface area contributed by atoms with Crippen LogP contribution in [0.5, 0.6) is 5.75 Å². The number of benzene rings is 2. The molecule has 0 aromatic heterocycles. The van der Waals surface area contributed by atoms with Gasteiger partial charge in [-0.15, -0.1) is 0 Å². The van der Waals surface area contributed by atoms with E-state index in [1.807, 2.05) is 38.1 Å². The van der Waals surface area contributed by atoms with Gasteiger partial charge in [0.2, 0.25) is 0 Å². The molecule has 3 nitrogen and oxygen atoms in total. The first-order valence-corrected chi connectivity index (χ1v) is 7.49. The number of anilines is 2. The lowest BCUT2D eigenvalue weighted by Crippen LogP contribution is -2.08. The Balaban J connectivity index is 1.83. The second kappa shape index (κ2) is 7.58. The average Bonchev–Trinajstić information content (AvgIpc) is 2.47. The predicted octanol–water partition coefficient (Wildman–Crippen LogP) is 4.10. The lowest BCUT2D eigenvalue weighted by atomic mass is 10.1. The molecule has 2 aromatic carbocycles. The zero-order valence-corrected chi connectivity index (χ0v) is 12.8. The van der Waals surface area contributed by atoms with E-state index < -0.39 is 0 Å². The fraction of sp³-hybridized carbons (Fsp3) is 0.333. The zero-order valence-electron chi connectivity index (χ0n) is 12.8. The van der Waals surface area contributed by atoms with Crippen molar-refractivity contribution < 1.29 is 4.74 Å². The summed E-state index contributed by atoms with van der Waals surface area (Å²) in [4.78, 5) is 0. The van der Waals surface area contributed by atoms with Crippen LogP contribution in [0.2, 0.25) is 0 Å². The molecule has 0 unspecified atom stereocenters. The molecule has 2 rings (SSSR count). The number of ether oxygens (including phenoxy) is 1. The van der Waals surface area contributed by atoms with Crippen LogP contribution in [0, 0.1) is 0 Å². The Hall–Kier alpha value is -2.16. The topological polar surface area (TPSA) is 47.3 Å². The van der Waals surface area contributed by atoms with Gasteiger partial charge in [-0.05, 0) is 44.4 Å². The minimum absolute atomic E-state index is 0.126. The largest absolute Gasteiger partial charge is 0.489 e. The molecular formula is C18H24N2O. The number of nitrogens with one attached hydrogen (secondary N) is 1. The van der Waals surface area contributed by atoms with E-state index >= 15 is 0 Å². The molecule has 0 saturated carbocycles. The van der Waals surface area contributed by atoms with Crippen molar-refractivity contribution in [3.63, 3.8) is 0 Å². The smallest absolute Gasteiger partial charge is 0.144 e. The van der Waals surface area contributed by atoms with Crippen molar-refractivity contribution in [1.82, 2.24) is 0 Å². The highest BCUT2D eigenvalue weighted by atomic mass is 16.5. The number of aryl methyl sites for hydroxylation is 1. The molecule has 112 valence electrons. The van der Waals surface area contributed by atoms with Crippen LogP contribution < -0.4 is 15.8 Å². The molecule has 0 bridgehead atoms. The van der Waals surface area contributed by atoms with Gasteiger partial charge in [-0.3, -0.25) is 0 Å². The van der Waals surface area contributed by atoms with E-state index in [4.69, 9.17) is 10.5 Å². The highest BCUT2D eigenvalue weighted by molar-refractivity contribution is 5.61. The van der Waals surface area contributed by atoms with Crippen molar-refractivity contribution in [2.24, 2.45) is 0 Å². The Kier molecular flexibility index (Phi) is 5.50. The Bertz CT molecular complexity index is 552. The minimum Gasteiger partial charge on any atom is -0.489 e. The van der Waals surface area contributed by atoms with E-state index in [-0.39, 0.29) is 6.10 Å². The molecule has 3 heteroatoms. The Labute approximate surface area is 127 Å². The number of rotatable bonds is 7. The third-order valence-electron chi connectivity index (χ3n) is 3.19. The van der Waals surface area contributed by atoms with Gasteiger partial charge < -0.3 is 15.8 Å². The molecule has 0 heterocycles. The van der Waals surface area contributed by atoms with Crippen molar-refractivity contribution in [1.29, 1.82) is 0 Å². The first kappa shape index (κ1) is 15.2. The molecule has 0 atom stereocenters. The maximum Gasteiger partial charge on any atom is 0.144 e. The summed E-state index contributed by atoms with van der Waals surface area (Å²) < 4.78 is 5.70. The zero-order chi connectivity index (χ0) is 15.1. The predicted molar refractivity (Wildman–Crippen MR) is 89.9 cm³/mol. The maximum absolute atomic E-state index is 5.92. The standard InChI is InChI=1S/C18H24N2O/c1-14(2)21-18-13-16(10-11-17(18)19)20-12-6-9-15-7-4-3-5-8-15/h3-5,7-8,10-11,13-14,20H,6,9,12,19H2,1-2H3. The summed E-state index contributed by atoms with van der Waals surface area (Å²) in [5, 5.41) is 3.42. The summed E-state index contributed by atoms with van der Waals surface area (Å²) in [5.41, 5.74) is 9.02. The number of nitrogens with two attached hydrogens (primary N) is 1. The van der Waals surface area contributed by atoms with E-state index in [2.05, 4.69) is 29.6 Å². The molecule has 0 amide bonds. The van der Waals surface area contributed by atoms with Crippen LogP contribution in [0.25, 0.3) is 0 Å². The quantitative estimate of drug-likeness (QED) is 0.594. The fourth-order valence-electron chi connectivity index (χ4n) is 2.17. The van der Waals surface area contributed by atoms with Gasteiger partial charge >= 0.3 is 0 Å². The van der Waals surface area contributed by atoms with E-state index in [1.54, 1.807) is 0 Å². The minimum atomic E-state index is 0.126. The highest BCUT2D eigenvalue weighted by Crippen LogP contribution is 2.26. The van der Waals surface area contributed by atoms with Gasteiger partial charge in [0, 0.05) is 18.3 Å². The van der Waals surface area contributed by atoms with Gasteiger partial charge in [0.15, 0.2) is 0 Å². The lowest BCUT2D eigenvalue weighted by molar-refractivity contribution is 0.244. The maximum atomic E-state index is 5.92. The second-order valence-corrected chi connectivity index (χ2v) is 5.44. The van der Waals surface area contributed by atoms with Crippen molar-refractivity contribution in [3.8, 4) is 5.75 Å². The van der Waals surface area contributed by atoms with Crippen molar-refractivity contribution in [3.05, 3.63) is 54.1 Å². The summed E-state index contributed by atoms with van der Waals surface area (Å²) in [6.07, 6.45) is 2.30. The molecule has 0 spiro atoms. The van der Waals surface area contributed by atoms with Crippen molar-refractivity contribution in [2.75, 3.05) is 17.6 Å². The van der Waals surface area contributed by atoms with Gasteiger partial charge in [0.25, 0.3) is 0 Å². The molecule has 0 saturated heterocycles. The average molecular weight is 284 g/mol. The first-order valence-electron chi connectivity index (χ1n) is 7.49. The molecule has 0 aliphatic rings. The molecule has 21 heavy (non-hydrogen) atoms. The summed E-state index contributed by atoms with van der Waals surface area (Å²) in [5.74, 6) is 0.748. The van der Waals surface area contributed by atoms with Gasteiger partial charge in [-0.2, -0.15) is 0 Å². The van der Waals surface area contributed by atoms with E-state index in [0.29, 0.717) is 5.69 Å². The summed E-state index contributed by atoms with van der Waals surface area (Å²) in [7, 11) is 0. The number of hydrogen-bond donors (Lipinski definition) is 2. The van der Waals surface area contributed by atoms with Crippen LogP contribution in [-0.4, -0.2) is 12.6 Å². The SMILES string of the molecule is CC(C)Oc1cc(NCCCc2ccccc2)ccc1N. The van der Waals surface area contributed by atoms with E-state index in [0.717, 1.165) is 30.8 Å². The molecule has 0 fully saturated rings.